The first-order chi connectivity index (χ1) is 16.5. The van der Waals surface area contributed by atoms with E-state index < -0.39 is 11.7 Å². The number of aromatic nitrogens is 4. The summed E-state index contributed by atoms with van der Waals surface area (Å²) >= 11 is 5.80. The minimum atomic E-state index is -0.516. The molecule has 1 amide bonds. The lowest BCUT2D eigenvalue weighted by molar-refractivity contribution is 0.0947. The molecule has 4 N–H and O–H groups in total. The second kappa shape index (κ2) is 8.99. The first kappa shape index (κ1) is 21.7. The lowest BCUT2D eigenvalue weighted by Crippen LogP contribution is -2.24. The van der Waals surface area contributed by atoms with Crippen molar-refractivity contribution in [2.45, 2.75) is 13.1 Å². The average Bonchev–Trinajstić information content (AvgIpc) is 3.26. The van der Waals surface area contributed by atoms with Crippen LogP contribution in [0.3, 0.4) is 0 Å². The van der Waals surface area contributed by atoms with Gasteiger partial charge in [-0.05, 0) is 35.4 Å². The normalized spacial score (nSPS) is 12.6. The van der Waals surface area contributed by atoms with Gasteiger partial charge in [-0.1, -0.05) is 30.3 Å². The first-order valence-corrected chi connectivity index (χ1v) is 10.7. The van der Waals surface area contributed by atoms with Gasteiger partial charge in [-0.2, -0.15) is 5.10 Å². The molecule has 4 aromatic rings. The summed E-state index contributed by atoms with van der Waals surface area (Å²) in [5.41, 5.74) is 4.32. The number of fused-ring (bicyclic) bond motifs is 2. The minimum absolute atomic E-state index is 0.00683. The van der Waals surface area contributed by atoms with E-state index in [1.54, 1.807) is 6.07 Å². The zero-order valence-electron chi connectivity index (χ0n) is 17.8. The Morgan fingerprint density at radius 1 is 1.18 bits per heavy atom. The third kappa shape index (κ3) is 4.35. The van der Waals surface area contributed by atoms with Crippen molar-refractivity contribution in [1.29, 1.82) is 0 Å². The summed E-state index contributed by atoms with van der Waals surface area (Å²) in [6.07, 6.45) is 1.30. The number of nitrogens with zero attached hydrogens (tertiary/aromatic N) is 3. The molecule has 3 heterocycles. The van der Waals surface area contributed by atoms with Crippen LogP contribution in [0.1, 0.15) is 21.6 Å². The number of nitrogens with one attached hydrogen (secondary N) is 4. The lowest BCUT2D eigenvalue weighted by Gasteiger charge is -2.21. The van der Waals surface area contributed by atoms with E-state index in [0.717, 1.165) is 22.7 Å². The number of ether oxygens (including phenoxy) is 1. The fourth-order valence-electron chi connectivity index (χ4n) is 3.53. The molecule has 0 unspecified atom stereocenters. The van der Waals surface area contributed by atoms with Crippen molar-refractivity contribution in [3.05, 3.63) is 82.7 Å². The van der Waals surface area contributed by atoms with Gasteiger partial charge in [0.15, 0.2) is 11.5 Å². The van der Waals surface area contributed by atoms with Crippen molar-refractivity contribution in [3.8, 4) is 5.75 Å². The molecule has 0 atom stereocenters. The maximum atomic E-state index is 13.3. The topological polar surface area (TPSA) is 117 Å². The van der Waals surface area contributed by atoms with Crippen LogP contribution in [0.2, 0.25) is 5.02 Å². The van der Waals surface area contributed by atoms with Crippen molar-refractivity contribution >= 4 is 40.0 Å². The number of carbonyl (C=O) groups excluding carboxylic acids is 1. The van der Waals surface area contributed by atoms with Crippen LogP contribution >= 0.6 is 11.6 Å². The van der Waals surface area contributed by atoms with Crippen molar-refractivity contribution in [2.75, 3.05) is 17.2 Å². The molecule has 2 aromatic heterocycles. The number of hydrogen-bond acceptors (Lipinski definition) is 7. The van der Waals surface area contributed by atoms with E-state index in [-0.39, 0.29) is 17.3 Å². The van der Waals surface area contributed by atoms with E-state index in [0.29, 0.717) is 35.6 Å². The Morgan fingerprint density at radius 2 is 2.00 bits per heavy atom. The van der Waals surface area contributed by atoms with Crippen LogP contribution < -0.4 is 20.7 Å². The molecular formula is C23H19ClFN7O2. The van der Waals surface area contributed by atoms with Crippen LogP contribution in [0.25, 0.3) is 11.0 Å². The lowest BCUT2D eigenvalue weighted by atomic mass is 10.1. The molecule has 172 valence electrons. The summed E-state index contributed by atoms with van der Waals surface area (Å²) in [6, 6.07) is 10.1. The van der Waals surface area contributed by atoms with E-state index >= 15 is 0 Å². The summed E-state index contributed by atoms with van der Waals surface area (Å²) in [6.45, 7) is 4.96. The van der Waals surface area contributed by atoms with E-state index in [4.69, 9.17) is 16.3 Å². The highest BCUT2D eigenvalue weighted by Crippen LogP contribution is 2.31. The Balaban J connectivity index is 1.29. The van der Waals surface area contributed by atoms with E-state index in [9.17, 15) is 9.18 Å². The van der Waals surface area contributed by atoms with Crippen molar-refractivity contribution < 1.29 is 13.9 Å². The molecule has 0 aliphatic carbocycles. The van der Waals surface area contributed by atoms with Crippen LogP contribution in [0.4, 0.5) is 15.9 Å². The van der Waals surface area contributed by atoms with Crippen LogP contribution in [-0.2, 0) is 13.1 Å². The summed E-state index contributed by atoms with van der Waals surface area (Å²) < 4.78 is 19.0. The Bertz CT molecular complexity index is 1420. The number of benzene rings is 2. The molecule has 11 heteroatoms. The highest BCUT2D eigenvalue weighted by molar-refractivity contribution is 6.30. The van der Waals surface area contributed by atoms with Gasteiger partial charge in [0, 0.05) is 18.8 Å². The highest BCUT2D eigenvalue weighted by atomic mass is 35.5. The van der Waals surface area contributed by atoms with Gasteiger partial charge in [0.25, 0.3) is 5.91 Å². The van der Waals surface area contributed by atoms with Crippen LogP contribution in [0, 0.1) is 5.82 Å². The van der Waals surface area contributed by atoms with Gasteiger partial charge in [-0.3, -0.25) is 9.89 Å². The molecule has 0 spiro atoms. The fraction of sp³-hybridized carbons (Fsp3) is 0.130. The molecule has 34 heavy (non-hydrogen) atoms. The zero-order valence-corrected chi connectivity index (χ0v) is 18.5. The molecule has 0 radical (unpaired) electrons. The Hall–Kier alpha value is -4.18. The summed E-state index contributed by atoms with van der Waals surface area (Å²) in [4.78, 5) is 21.1. The summed E-state index contributed by atoms with van der Waals surface area (Å²) in [7, 11) is 0. The number of halogens is 2. The van der Waals surface area contributed by atoms with Gasteiger partial charge < -0.3 is 20.7 Å². The summed E-state index contributed by atoms with van der Waals surface area (Å²) in [5.74, 6) is 0.317. The predicted molar refractivity (Wildman–Crippen MR) is 126 cm³/mol. The Labute approximate surface area is 198 Å². The average molecular weight is 480 g/mol. The maximum absolute atomic E-state index is 13.3. The number of H-pyrrole nitrogens is 1. The van der Waals surface area contributed by atoms with E-state index in [1.807, 2.05) is 18.2 Å². The van der Waals surface area contributed by atoms with Crippen LogP contribution in [0.5, 0.6) is 5.75 Å². The second-order valence-corrected chi connectivity index (χ2v) is 8.06. The molecule has 0 saturated heterocycles. The summed E-state index contributed by atoms with van der Waals surface area (Å²) in [5, 5.41) is 16.3. The third-order valence-electron chi connectivity index (χ3n) is 5.22. The number of amides is 1. The molecule has 0 saturated carbocycles. The maximum Gasteiger partial charge on any atom is 0.272 e. The minimum Gasteiger partial charge on any atom is -0.485 e. The van der Waals surface area contributed by atoms with Gasteiger partial charge in [0.05, 0.1) is 10.7 Å². The second-order valence-electron chi connectivity index (χ2n) is 7.65. The standard InChI is InChI=1S/C23H19ClFN7O2/c1-12-10-34-18-5-3-14(7-17(18)30-12)8-26-22-20-19(31-32-22)21(29-11-28-20)23(33)27-9-13-2-4-16(25)15(24)6-13/h2-7,11,30H,1,8-10H2,(H,27,33)(H2,26,31,32). The third-order valence-corrected chi connectivity index (χ3v) is 5.51. The quantitative estimate of drug-likeness (QED) is 0.330. The van der Waals surface area contributed by atoms with Crippen molar-refractivity contribution in [3.63, 3.8) is 0 Å². The Kier molecular flexibility index (Phi) is 5.72. The van der Waals surface area contributed by atoms with Gasteiger partial charge in [0.2, 0.25) is 0 Å². The number of aromatic amines is 1. The van der Waals surface area contributed by atoms with E-state index in [1.165, 1.54) is 18.5 Å². The molecule has 0 fully saturated rings. The molecular weight excluding hydrogens is 461 g/mol. The molecule has 1 aliphatic rings. The molecule has 2 aromatic carbocycles. The van der Waals surface area contributed by atoms with Gasteiger partial charge in [0.1, 0.15) is 35.5 Å². The molecule has 9 nitrogen and oxygen atoms in total. The van der Waals surface area contributed by atoms with Gasteiger partial charge in [-0.15, -0.1) is 0 Å². The van der Waals surface area contributed by atoms with Crippen LogP contribution in [0.15, 0.2) is 55.0 Å². The molecule has 5 rings (SSSR count). The van der Waals surface area contributed by atoms with Crippen molar-refractivity contribution in [1.82, 2.24) is 25.5 Å². The number of carbonyl (C=O) groups is 1. The largest absolute Gasteiger partial charge is 0.485 e. The number of rotatable bonds is 6. The van der Waals surface area contributed by atoms with Gasteiger partial charge in [-0.25, -0.2) is 14.4 Å². The van der Waals surface area contributed by atoms with Crippen LogP contribution in [-0.4, -0.2) is 32.7 Å². The van der Waals surface area contributed by atoms with E-state index in [2.05, 4.69) is 42.7 Å². The fourth-order valence-corrected chi connectivity index (χ4v) is 3.74. The number of hydrogen-bond donors (Lipinski definition) is 4. The SMILES string of the molecule is C=C1COc2ccc(CNc3n[nH]c4c(C(=O)NCc5ccc(F)c(Cl)c5)ncnc34)cc2N1. The molecule has 1 aliphatic heterocycles. The van der Waals surface area contributed by atoms with Crippen molar-refractivity contribution in [2.24, 2.45) is 0 Å². The smallest absolute Gasteiger partial charge is 0.272 e. The highest BCUT2D eigenvalue weighted by Gasteiger charge is 2.18. The molecule has 0 bridgehead atoms. The predicted octanol–water partition coefficient (Wildman–Crippen LogP) is 4.01. The monoisotopic (exact) mass is 479 g/mol. The first-order valence-electron chi connectivity index (χ1n) is 10.3. The number of anilines is 2. The zero-order chi connectivity index (χ0) is 23.7. The Morgan fingerprint density at radius 3 is 2.85 bits per heavy atom. The van der Waals surface area contributed by atoms with Gasteiger partial charge >= 0.3 is 0 Å².